The lowest BCUT2D eigenvalue weighted by Gasteiger charge is -2.24. The predicted molar refractivity (Wildman–Crippen MR) is 87.3 cm³/mol. The fraction of sp³-hybridized carbons (Fsp3) is 0.529. The fourth-order valence-electron chi connectivity index (χ4n) is 2.83. The van der Waals surface area contributed by atoms with E-state index < -0.39 is 11.5 Å². The van der Waals surface area contributed by atoms with Crippen molar-refractivity contribution in [3.05, 3.63) is 29.3 Å². The minimum atomic E-state index is -0.928. The molecule has 2 amide bonds. The first-order valence-corrected chi connectivity index (χ1v) is 8.21. The molecule has 1 aliphatic heterocycles. The molecule has 1 fully saturated rings. The summed E-state index contributed by atoms with van der Waals surface area (Å²) in [5, 5.41) is 10.7. The van der Waals surface area contributed by atoms with Gasteiger partial charge in [-0.25, -0.2) is 0 Å². The highest BCUT2D eigenvalue weighted by Gasteiger charge is 2.49. The average Bonchev–Trinajstić information content (AvgIpc) is 2.79. The van der Waals surface area contributed by atoms with Crippen LogP contribution in [0.3, 0.4) is 0 Å². The molecule has 0 unspecified atom stereocenters. The van der Waals surface area contributed by atoms with Crippen molar-refractivity contribution in [2.45, 2.75) is 39.2 Å². The molecule has 2 rings (SSSR count). The van der Waals surface area contributed by atoms with Gasteiger partial charge in [-0.05, 0) is 37.1 Å². The van der Waals surface area contributed by atoms with E-state index in [0.717, 1.165) is 0 Å². The maximum Gasteiger partial charge on any atom is 0.235 e. The molecule has 1 N–H and O–H groups in total. The third kappa shape index (κ3) is 3.85. The number of benzene rings is 1. The second-order valence-electron chi connectivity index (χ2n) is 5.89. The van der Waals surface area contributed by atoms with Gasteiger partial charge in [0.25, 0.3) is 0 Å². The molecule has 1 aliphatic rings. The molecule has 0 aromatic heterocycles. The number of nitrogens with zero attached hydrogens (tertiary/aromatic N) is 1. The lowest BCUT2D eigenvalue weighted by molar-refractivity contribution is -0.143. The Labute approximate surface area is 141 Å². The largest absolute Gasteiger partial charge is 0.491 e. The Balaban J connectivity index is 1.92. The highest BCUT2D eigenvalue weighted by atomic mass is 35.5. The van der Waals surface area contributed by atoms with Crippen LogP contribution in [0.4, 0.5) is 0 Å². The van der Waals surface area contributed by atoms with Gasteiger partial charge in [-0.15, -0.1) is 0 Å². The first kappa shape index (κ1) is 17.8. The molecule has 1 aromatic carbocycles. The molecule has 126 valence electrons. The summed E-state index contributed by atoms with van der Waals surface area (Å²) in [6.45, 7) is 3.80. The van der Waals surface area contributed by atoms with E-state index in [4.69, 9.17) is 16.3 Å². The number of imide groups is 1. The number of ether oxygens (including phenoxy) is 1. The number of amides is 2. The van der Waals surface area contributed by atoms with Crippen molar-refractivity contribution in [2.24, 2.45) is 5.41 Å². The van der Waals surface area contributed by atoms with E-state index in [2.05, 4.69) is 0 Å². The molecular formula is C17H22ClNO4. The quantitative estimate of drug-likeness (QED) is 0.775. The molecule has 1 atom stereocenters. The number of hydrogen-bond donors (Lipinski definition) is 1. The van der Waals surface area contributed by atoms with Crippen LogP contribution in [0.5, 0.6) is 5.75 Å². The van der Waals surface area contributed by atoms with E-state index >= 15 is 0 Å². The van der Waals surface area contributed by atoms with Crippen molar-refractivity contribution < 1.29 is 19.4 Å². The van der Waals surface area contributed by atoms with Crippen LogP contribution >= 0.6 is 11.6 Å². The standard InChI is InChI=1S/C17H22ClNO4/c1-3-17(4-2)9-15(21)19(16(17)22)10-13(20)11-23-14-7-5-12(18)6-8-14/h5-8,13,20H,3-4,9-11H2,1-2H3/t13-/m1/s1. The zero-order valence-electron chi connectivity index (χ0n) is 13.4. The van der Waals surface area contributed by atoms with Gasteiger partial charge in [-0.1, -0.05) is 25.4 Å². The second-order valence-corrected chi connectivity index (χ2v) is 6.33. The molecule has 6 heteroatoms. The van der Waals surface area contributed by atoms with Crippen LogP contribution in [0.15, 0.2) is 24.3 Å². The lowest BCUT2D eigenvalue weighted by atomic mass is 9.81. The van der Waals surface area contributed by atoms with Gasteiger partial charge in [0.2, 0.25) is 11.8 Å². The van der Waals surface area contributed by atoms with Gasteiger partial charge >= 0.3 is 0 Å². The molecule has 23 heavy (non-hydrogen) atoms. The van der Waals surface area contributed by atoms with Crippen LogP contribution in [-0.4, -0.2) is 41.1 Å². The van der Waals surface area contributed by atoms with E-state index in [1.54, 1.807) is 24.3 Å². The summed E-state index contributed by atoms with van der Waals surface area (Å²) in [5.74, 6) is 0.172. The van der Waals surface area contributed by atoms with Crippen molar-refractivity contribution in [2.75, 3.05) is 13.2 Å². The van der Waals surface area contributed by atoms with Crippen molar-refractivity contribution in [3.63, 3.8) is 0 Å². The number of carbonyl (C=O) groups is 2. The first-order chi connectivity index (χ1) is 10.9. The molecule has 1 aromatic rings. The number of halogens is 1. The van der Waals surface area contributed by atoms with Gasteiger partial charge in [-0.2, -0.15) is 0 Å². The minimum absolute atomic E-state index is 0.00391. The zero-order chi connectivity index (χ0) is 17.0. The van der Waals surface area contributed by atoms with Crippen molar-refractivity contribution in [1.29, 1.82) is 0 Å². The SMILES string of the molecule is CCC1(CC)CC(=O)N(C[C@@H](O)COc2ccc(Cl)cc2)C1=O. The minimum Gasteiger partial charge on any atom is -0.491 e. The van der Waals surface area contributed by atoms with Crippen molar-refractivity contribution in [3.8, 4) is 5.75 Å². The van der Waals surface area contributed by atoms with Gasteiger partial charge in [-0.3, -0.25) is 14.5 Å². The van der Waals surface area contributed by atoms with Crippen LogP contribution in [-0.2, 0) is 9.59 Å². The lowest BCUT2D eigenvalue weighted by Crippen LogP contribution is -2.41. The van der Waals surface area contributed by atoms with Gasteiger partial charge < -0.3 is 9.84 Å². The van der Waals surface area contributed by atoms with Gasteiger partial charge in [0.1, 0.15) is 18.5 Å². The van der Waals surface area contributed by atoms with Gasteiger partial charge in [0.05, 0.1) is 12.0 Å². The summed E-state index contributed by atoms with van der Waals surface area (Å²) in [6, 6.07) is 6.77. The summed E-state index contributed by atoms with van der Waals surface area (Å²) < 4.78 is 5.45. The van der Waals surface area contributed by atoms with E-state index in [0.29, 0.717) is 23.6 Å². The zero-order valence-corrected chi connectivity index (χ0v) is 14.2. The number of likely N-dealkylation sites (tertiary alicyclic amines) is 1. The third-order valence-corrected chi connectivity index (χ3v) is 4.74. The van der Waals surface area contributed by atoms with Gasteiger partial charge in [0.15, 0.2) is 0 Å². The Bertz CT molecular complexity index is 568. The van der Waals surface area contributed by atoms with Crippen LogP contribution in [0.25, 0.3) is 0 Å². The number of aliphatic hydroxyl groups excluding tert-OH is 1. The van der Waals surface area contributed by atoms with Crippen LogP contribution in [0, 0.1) is 5.41 Å². The number of β-amino-alcohol motifs (C(OH)–C–C–N with tert-alkyl or cyclic N) is 1. The number of carbonyl (C=O) groups excluding carboxylic acids is 2. The summed E-state index contributed by atoms with van der Waals surface area (Å²) in [7, 11) is 0. The Morgan fingerprint density at radius 2 is 1.87 bits per heavy atom. The second kappa shape index (κ2) is 7.32. The Hall–Kier alpha value is -1.59. The van der Waals surface area contributed by atoms with Crippen LogP contribution in [0.1, 0.15) is 33.1 Å². The third-order valence-electron chi connectivity index (χ3n) is 4.49. The smallest absolute Gasteiger partial charge is 0.235 e. The Morgan fingerprint density at radius 1 is 1.26 bits per heavy atom. The van der Waals surface area contributed by atoms with E-state index in [-0.39, 0.29) is 31.4 Å². The monoisotopic (exact) mass is 339 g/mol. The summed E-state index contributed by atoms with van der Waals surface area (Å²) in [4.78, 5) is 25.8. The van der Waals surface area contributed by atoms with E-state index in [1.165, 1.54) is 4.90 Å². The molecule has 0 saturated carbocycles. The van der Waals surface area contributed by atoms with Crippen LogP contribution in [0.2, 0.25) is 5.02 Å². The average molecular weight is 340 g/mol. The highest BCUT2D eigenvalue weighted by molar-refractivity contribution is 6.30. The molecule has 0 bridgehead atoms. The van der Waals surface area contributed by atoms with E-state index in [9.17, 15) is 14.7 Å². The maximum atomic E-state index is 12.5. The number of hydrogen-bond acceptors (Lipinski definition) is 4. The molecule has 0 aliphatic carbocycles. The van der Waals surface area contributed by atoms with Crippen LogP contribution < -0.4 is 4.74 Å². The fourth-order valence-corrected chi connectivity index (χ4v) is 2.96. The maximum absolute atomic E-state index is 12.5. The Kier molecular flexibility index (Phi) is 5.65. The number of aliphatic hydroxyl groups is 1. The molecule has 1 saturated heterocycles. The molecule has 0 spiro atoms. The van der Waals surface area contributed by atoms with Gasteiger partial charge in [0, 0.05) is 11.4 Å². The normalized spacial score (nSPS) is 18.3. The molecule has 0 radical (unpaired) electrons. The van der Waals surface area contributed by atoms with Crippen molar-refractivity contribution in [1.82, 2.24) is 4.90 Å². The van der Waals surface area contributed by atoms with Crippen molar-refractivity contribution >= 4 is 23.4 Å². The summed E-state index contributed by atoms with van der Waals surface area (Å²) >= 11 is 5.79. The topological polar surface area (TPSA) is 66.8 Å². The predicted octanol–water partition coefficient (Wildman–Crippen LogP) is 2.65. The molecular weight excluding hydrogens is 318 g/mol. The van der Waals surface area contributed by atoms with E-state index in [1.807, 2.05) is 13.8 Å². The molecule has 5 nitrogen and oxygen atoms in total. The number of rotatable bonds is 7. The Morgan fingerprint density at radius 3 is 2.39 bits per heavy atom. The summed E-state index contributed by atoms with van der Waals surface area (Å²) in [6.07, 6.45) is 0.552. The highest BCUT2D eigenvalue weighted by Crippen LogP contribution is 2.39. The first-order valence-electron chi connectivity index (χ1n) is 7.83. The molecule has 1 heterocycles. The summed E-state index contributed by atoms with van der Waals surface area (Å²) in [5.41, 5.74) is -0.603.